The van der Waals surface area contributed by atoms with Crippen molar-refractivity contribution in [2.75, 3.05) is 19.8 Å². The van der Waals surface area contributed by atoms with Crippen molar-refractivity contribution in [1.82, 2.24) is 4.90 Å². The van der Waals surface area contributed by atoms with E-state index in [1.165, 1.54) is 19.0 Å². The first-order valence-electron chi connectivity index (χ1n) is 3.90. The zero-order valence-corrected chi connectivity index (χ0v) is 7.84. The summed E-state index contributed by atoms with van der Waals surface area (Å²) in [6.07, 6.45) is 0. The van der Waals surface area contributed by atoms with E-state index >= 15 is 0 Å². The summed E-state index contributed by atoms with van der Waals surface area (Å²) in [6, 6.07) is 2.04. The molecular formula is C9H10F2N2O. The number of hydrogen-bond donors (Lipinski definition) is 1. The summed E-state index contributed by atoms with van der Waals surface area (Å²) in [5, 5.41) is 0. The maximum atomic E-state index is 12.9. The molecule has 0 aliphatic carbocycles. The lowest BCUT2D eigenvalue weighted by Gasteiger charge is -2.12. The number of nitrogens with two attached hydrogens (primary N) is 1. The van der Waals surface area contributed by atoms with Gasteiger partial charge in [0.15, 0.2) is 11.6 Å². The lowest BCUT2D eigenvalue weighted by molar-refractivity contribution is 0.0828. The number of carbonyl (C=O) groups is 1. The van der Waals surface area contributed by atoms with Gasteiger partial charge in [-0.3, -0.25) is 4.79 Å². The minimum Gasteiger partial charge on any atom is -0.396 e. The van der Waals surface area contributed by atoms with Gasteiger partial charge >= 0.3 is 0 Å². The van der Waals surface area contributed by atoms with Crippen LogP contribution < -0.4 is 5.73 Å². The number of carbonyl (C=O) groups excluding carboxylic acids is 1. The molecule has 0 heterocycles. The predicted octanol–water partition coefficient (Wildman–Crippen LogP) is 1.25. The molecule has 3 nitrogen and oxygen atoms in total. The number of nitrogen functional groups attached to an aromatic ring is 1. The van der Waals surface area contributed by atoms with Gasteiger partial charge in [-0.2, -0.15) is 0 Å². The summed E-state index contributed by atoms with van der Waals surface area (Å²) >= 11 is 0. The fourth-order valence-electron chi connectivity index (χ4n) is 0.994. The van der Waals surface area contributed by atoms with Crippen LogP contribution in [-0.2, 0) is 0 Å². The standard InChI is InChI=1S/C9H10F2N2O/c1-13(2)9(14)5-3-4-6(10)7(11)8(5)12/h3-4H,12H2,1-2H3. The molecule has 0 atom stereocenters. The SMILES string of the molecule is CN(C)C(=O)c1ccc(F)c(F)c1N. The number of benzene rings is 1. The van der Waals surface area contributed by atoms with Gasteiger partial charge in [0.2, 0.25) is 0 Å². The average Bonchev–Trinajstić information content (AvgIpc) is 2.13. The highest BCUT2D eigenvalue weighted by Gasteiger charge is 2.17. The molecule has 76 valence electrons. The van der Waals surface area contributed by atoms with Crippen LogP contribution in [0.5, 0.6) is 0 Å². The number of halogens is 2. The van der Waals surface area contributed by atoms with Crippen LogP contribution in [0.2, 0.25) is 0 Å². The van der Waals surface area contributed by atoms with E-state index in [4.69, 9.17) is 5.73 Å². The lowest BCUT2D eigenvalue weighted by Crippen LogP contribution is -2.23. The summed E-state index contributed by atoms with van der Waals surface area (Å²) < 4.78 is 25.6. The molecule has 0 aliphatic heterocycles. The quantitative estimate of drug-likeness (QED) is 0.693. The highest BCUT2D eigenvalue weighted by molar-refractivity contribution is 5.98. The van der Waals surface area contributed by atoms with Crippen LogP contribution in [0.15, 0.2) is 12.1 Å². The molecule has 0 spiro atoms. The third-order valence-electron chi connectivity index (χ3n) is 1.77. The largest absolute Gasteiger partial charge is 0.396 e. The lowest BCUT2D eigenvalue weighted by atomic mass is 10.1. The molecule has 5 heteroatoms. The first-order valence-corrected chi connectivity index (χ1v) is 3.90. The van der Waals surface area contributed by atoms with E-state index in [0.717, 1.165) is 12.1 Å². The Labute approximate surface area is 80.1 Å². The summed E-state index contributed by atoms with van der Waals surface area (Å²) in [5.74, 6) is -2.70. The molecule has 1 aromatic rings. The third kappa shape index (κ3) is 1.66. The molecule has 0 saturated heterocycles. The van der Waals surface area contributed by atoms with Crippen molar-refractivity contribution in [2.24, 2.45) is 0 Å². The number of hydrogen-bond acceptors (Lipinski definition) is 2. The first kappa shape index (κ1) is 10.4. The zero-order valence-electron chi connectivity index (χ0n) is 7.84. The Morgan fingerprint density at radius 3 is 2.43 bits per heavy atom. The molecule has 0 aliphatic rings. The molecule has 0 saturated carbocycles. The second-order valence-corrected chi connectivity index (χ2v) is 3.02. The van der Waals surface area contributed by atoms with Crippen LogP contribution in [0.3, 0.4) is 0 Å². The second kappa shape index (κ2) is 3.61. The van der Waals surface area contributed by atoms with E-state index in [1.54, 1.807) is 0 Å². The van der Waals surface area contributed by atoms with Gasteiger partial charge in [-0.25, -0.2) is 8.78 Å². The van der Waals surface area contributed by atoms with Crippen molar-refractivity contribution < 1.29 is 13.6 Å². The molecule has 2 N–H and O–H groups in total. The van der Waals surface area contributed by atoms with Crippen LogP contribution in [0, 0.1) is 11.6 Å². The fraction of sp³-hybridized carbons (Fsp3) is 0.222. The molecule has 0 bridgehead atoms. The molecule has 0 fully saturated rings. The summed E-state index contributed by atoms with van der Waals surface area (Å²) in [5.41, 5.74) is 4.77. The fourth-order valence-corrected chi connectivity index (χ4v) is 0.994. The first-order chi connectivity index (χ1) is 6.45. The number of rotatable bonds is 1. The maximum Gasteiger partial charge on any atom is 0.255 e. The molecule has 0 aromatic heterocycles. The van der Waals surface area contributed by atoms with Crippen molar-refractivity contribution in [1.29, 1.82) is 0 Å². The van der Waals surface area contributed by atoms with Crippen molar-refractivity contribution in [3.63, 3.8) is 0 Å². The monoisotopic (exact) mass is 200 g/mol. The Morgan fingerprint density at radius 2 is 1.93 bits per heavy atom. The van der Waals surface area contributed by atoms with Gasteiger partial charge in [-0.05, 0) is 12.1 Å². The van der Waals surface area contributed by atoms with Crippen LogP contribution in [0.1, 0.15) is 10.4 Å². The van der Waals surface area contributed by atoms with Crippen LogP contribution >= 0.6 is 0 Å². The van der Waals surface area contributed by atoms with Gasteiger partial charge in [-0.15, -0.1) is 0 Å². The molecular weight excluding hydrogens is 190 g/mol. The van der Waals surface area contributed by atoms with Gasteiger partial charge in [0, 0.05) is 14.1 Å². The van der Waals surface area contributed by atoms with E-state index in [0.29, 0.717) is 0 Å². The Kier molecular flexibility index (Phi) is 2.69. The minimum absolute atomic E-state index is 0.0334. The molecule has 14 heavy (non-hydrogen) atoms. The highest BCUT2D eigenvalue weighted by atomic mass is 19.2. The van der Waals surface area contributed by atoms with E-state index < -0.39 is 23.2 Å². The van der Waals surface area contributed by atoms with Crippen molar-refractivity contribution >= 4 is 11.6 Å². The number of amides is 1. The Morgan fingerprint density at radius 1 is 1.36 bits per heavy atom. The van der Waals surface area contributed by atoms with Gasteiger partial charge in [0.05, 0.1) is 11.3 Å². The topological polar surface area (TPSA) is 46.3 Å². The van der Waals surface area contributed by atoms with Gasteiger partial charge in [-0.1, -0.05) is 0 Å². The van der Waals surface area contributed by atoms with E-state index in [9.17, 15) is 13.6 Å². The van der Waals surface area contributed by atoms with Crippen LogP contribution in [0.4, 0.5) is 14.5 Å². The predicted molar refractivity (Wildman–Crippen MR) is 48.8 cm³/mol. The number of nitrogens with zero attached hydrogens (tertiary/aromatic N) is 1. The van der Waals surface area contributed by atoms with E-state index in [-0.39, 0.29) is 5.56 Å². The van der Waals surface area contributed by atoms with E-state index in [1.807, 2.05) is 0 Å². The average molecular weight is 200 g/mol. The smallest absolute Gasteiger partial charge is 0.255 e. The second-order valence-electron chi connectivity index (χ2n) is 3.02. The summed E-state index contributed by atoms with van der Waals surface area (Å²) in [6.45, 7) is 0. The zero-order chi connectivity index (χ0) is 10.9. The van der Waals surface area contributed by atoms with Crippen molar-refractivity contribution in [2.45, 2.75) is 0 Å². The molecule has 1 amide bonds. The van der Waals surface area contributed by atoms with Gasteiger partial charge in [0.1, 0.15) is 0 Å². The van der Waals surface area contributed by atoms with E-state index in [2.05, 4.69) is 0 Å². The van der Waals surface area contributed by atoms with Gasteiger partial charge < -0.3 is 10.6 Å². The van der Waals surface area contributed by atoms with Crippen molar-refractivity contribution in [3.05, 3.63) is 29.3 Å². The van der Waals surface area contributed by atoms with Crippen molar-refractivity contribution in [3.8, 4) is 0 Å². The molecule has 0 radical (unpaired) electrons. The molecule has 1 aromatic carbocycles. The normalized spacial score (nSPS) is 10.0. The third-order valence-corrected chi connectivity index (χ3v) is 1.77. The van der Waals surface area contributed by atoms with Crippen LogP contribution in [0.25, 0.3) is 0 Å². The minimum atomic E-state index is -1.18. The molecule has 1 rings (SSSR count). The Bertz CT molecular complexity index is 377. The Hall–Kier alpha value is -1.65. The Balaban J connectivity index is 3.24. The van der Waals surface area contributed by atoms with Gasteiger partial charge in [0.25, 0.3) is 5.91 Å². The summed E-state index contributed by atoms with van der Waals surface area (Å²) in [7, 11) is 3.01. The number of anilines is 1. The van der Waals surface area contributed by atoms with Crippen LogP contribution in [-0.4, -0.2) is 24.9 Å². The molecule has 0 unspecified atom stereocenters. The summed E-state index contributed by atoms with van der Waals surface area (Å²) in [4.78, 5) is 12.6. The highest BCUT2D eigenvalue weighted by Crippen LogP contribution is 2.19. The maximum absolute atomic E-state index is 12.9.